The maximum Gasteiger partial charge on any atom is 0.157 e. The van der Waals surface area contributed by atoms with Gasteiger partial charge in [0, 0.05) is 13.6 Å². The van der Waals surface area contributed by atoms with Gasteiger partial charge in [0.05, 0.1) is 10.0 Å². The van der Waals surface area contributed by atoms with Gasteiger partial charge < -0.3 is 10.1 Å². The summed E-state index contributed by atoms with van der Waals surface area (Å²) in [6, 6.07) is 5.26. The number of ether oxygens (including phenoxy) is 1. The maximum atomic E-state index is 6.03. The zero-order valence-electron chi connectivity index (χ0n) is 10.1. The first kappa shape index (κ1) is 14.1. The SMILES string of the molecule is CCNC(=NC)C(C)Oc1c(Cl)cccc1Cl. The number of nitrogens with zero attached hydrogens (tertiary/aromatic N) is 1. The minimum absolute atomic E-state index is 0.225. The Bertz CT molecular complexity index is 387. The summed E-state index contributed by atoms with van der Waals surface area (Å²) in [5.74, 6) is 1.26. The number of hydrogen-bond acceptors (Lipinski definition) is 2. The first-order valence-corrected chi connectivity index (χ1v) is 6.17. The highest BCUT2D eigenvalue weighted by Crippen LogP contribution is 2.33. The van der Waals surface area contributed by atoms with Crippen LogP contribution in [0.15, 0.2) is 23.2 Å². The molecule has 0 amide bonds. The molecule has 3 nitrogen and oxygen atoms in total. The monoisotopic (exact) mass is 274 g/mol. The molecule has 1 rings (SSSR count). The third kappa shape index (κ3) is 3.79. The zero-order valence-corrected chi connectivity index (χ0v) is 11.6. The molecule has 0 bridgehead atoms. The normalized spacial score (nSPS) is 13.4. The summed E-state index contributed by atoms with van der Waals surface area (Å²) in [5, 5.41) is 4.12. The Balaban J connectivity index is 2.84. The van der Waals surface area contributed by atoms with Gasteiger partial charge in [-0.2, -0.15) is 0 Å². The smallest absolute Gasteiger partial charge is 0.157 e. The summed E-state index contributed by atoms with van der Waals surface area (Å²) in [4.78, 5) is 4.13. The molecule has 17 heavy (non-hydrogen) atoms. The second-order valence-corrected chi connectivity index (χ2v) is 4.26. The molecule has 1 unspecified atom stereocenters. The van der Waals surface area contributed by atoms with E-state index in [4.69, 9.17) is 27.9 Å². The fraction of sp³-hybridized carbons (Fsp3) is 0.417. The van der Waals surface area contributed by atoms with Crippen LogP contribution >= 0.6 is 23.2 Å². The number of amidine groups is 1. The maximum absolute atomic E-state index is 6.03. The van der Waals surface area contributed by atoms with Crippen LogP contribution < -0.4 is 10.1 Å². The van der Waals surface area contributed by atoms with Gasteiger partial charge in [0.2, 0.25) is 0 Å². The second kappa shape index (κ2) is 6.72. The highest BCUT2D eigenvalue weighted by atomic mass is 35.5. The fourth-order valence-corrected chi connectivity index (χ4v) is 1.90. The van der Waals surface area contributed by atoms with Crippen molar-refractivity contribution in [1.29, 1.82) is 0 Å². The van der Waals surface area contributed by atoms with Crippen LogP contribution in [-0.2, 0) is 0 Å². The van der Waals surface area contributed by atoms with Crippen molar-refractivity contribution in [2.45, 2.75) is 20.0 Å². The summed E-state index contributed by atoms with van der Waals surface area (Å²) in [5.41, 5.74) is 0. The lowest BCUT2D eigenvalue weighted by Gasteiger charge is -2.19. The fourth-order valence-electron chi connectivity index (χ4n) is 1.41. The zero-order chi connectivity index (χ0) is 12.8. The van der Waals surface area contributed by atoms with E-state index in [-0.39, 0.29) is 6.10 Å². The minimum atomic E-state index is -0.225. The van der Waals surface area contributed by atoms with Gasteiger partial charge >= 0.3 is 0 Å². The number of benzene rings is 1. The summed E-state index contributed by atoms with van der Waals surface area (Å²) in [6.07, 6.45) is -0.225. The van der Waals surface area contributed by atoms with E-state index in [0.29, 0.717) is 15.8 Å². The Morgan fingerprint density at radius 2 is 2.00 bits per heavy atom. The molecule has 0 aliphatic carbocycles. The van der Waals surface area contributed by atoms with Gasteiger partial charge in [-0.05, 0) is 26.0 Å². The molecule has 0 aliphatic heterocycles. The summed E-state index contributed by atoms with van der Waals surface area (Å²) >= 11 is 12.1. The summed E-state index contributed by atoms with van der Waals surface area (Å²) in [7, 11) is 1.71. The van der Waals surface area contributed by atoms with Crippen LogP contribution in [0.25, 0.3) is 0 Å². The first-order chi connectivity index (χ1) is 8.10. The van der Waals surface area contributed by atoms with Gasteiger partial charge in [0.25, 0.3) is 0 Å². The first-order valence-electron chi connectivity index (χ1n) is 5.41. The van der Waals surface area contributed by atoms with Gasteiger partial charge in [-0.1, -0.05) is 29.3 Å². The number of para-hydroxylation sites is 1. The Kier molecular flexibility index (Phi) is 5.59. The van der Waals surface area contributed by atoms with Crippen molar-refractivity contribution in [2.24, 2.45) is 4.99 Å². The lowest BCUT2D eigenvalue weighted by atomic mass is 10.3. The number of halogens is 2. The number of likely N-dealkylation sites (N-methyl/N-ethyl adjacent to an activating group) is 1. The van der Waals surface area contributed by atoms with Crippen LogP contribution in [0.3, 0.4) is 0 Å². The van der Waals surface area contributed by atoms with Crippen LogP contribution in [0.5, 0.6) is 5.75 Å². The van der Waals surface area contributed by atoms with E-state index in [1.54, 1.807) is 25.2 Å². The molecule has 0 spiro atoms. The molecule has 0 aliphatic rings. The topological polar surface area (TPSA) is 33.6 Å². The molecular formula is C12H16Cl2N2O. The van der Waals surface area contributed by atoms with Crippen LogP contribution in [0, 0.1) is 0 Å². The lowest BCUT2D eigenvalue weighted by molar-refractivity contribution is 0.283. The van der Waals surface area contributed by atoms with E-state index in [2.05, 4.69) is 10.3 Å². The van der Waals surface area contributed by atoms with Gasteiger partial charge in [-0.3, -0.25) is 4.99 Å². The predicted molar refractivity (Wildman–Crippen MR) is 73.6 cm³/mol. The third-order valence-electron chi connectivity index (χ3n) is 2.20. The van der Waals surface area contributed by atoms with E-state index in [9.17, 15) is 0 Å². The van der Waals surface area contributed by atoms with Crippen molar-refractivity contribution < 1.29 is 4.74 Å². The van der Waals surface area contributed by atoms with Crippen molar-refractivity contribution in [3.63, 3.8) is 0 Å². The Morgan fingerprint density at radius 3 is 2.47 bits per heavy atom. The lowest BCUT2D eigenvalue weighted by Crippen LogP contribution is -2.36. The largest absolute Gasteiger partial charge is 0.480 e. The molecule has 0 saturated heterocycles. The van der Waals surface area contributed by atoms with E-state index >= 15 is 0 Å². The van der Waals surface area contributed by atoms with E-state index in [0.717, 1.165) is 12.4 Å². The molecule has 0 saturated carbocycles. The van der Waals surface area contributed by atoms with Crippen molar-refractivity contribution in [1.82, 2.24) is 5.32 Å². The average Bonchev–Trinajstić information content (AvgIpc) is 2.30. The molecule has 1 aromatic rings. The van der Waals surface area contributed by atoms with Crippen molar-refractivity contribution in [2.75, 3.05) is 13.6 Å². The quantitative estimate of drug-likeness (QED) is 0.675. The van der Waals surface area contributed by atoms with Crippen LogP contribution in [0.1, 0.15) is 13.8 Å². The van der Waals surface area contributed by atoms with Crippen molar-refractivity contribution in [3.05, 3.63) is 28.2 Å². The third-order valence-corrected chi connectivity index (χ3v) is 2.79. The summed E-state index contributed by atoms with van der Waals surface area (Å²) < 4.78 is 5.72. The molecule has 94 valence electrons. The van der Waals surface area contributed by atoms with E-state index < -0.39 is 0 Å². The molecule has 0 radical (unpaired) electrons. The summed E-state index contributed by atoms with van der Waals surface area (Å²) in [6.45, 7) is 4.68. The highest BCUT2D eigenvalue weighted by molar-refractivity contribution is 6.37. The molecule has 1 atom stereocenters. The molecule has 0 aromatic heterocycles. The van der Waals surface area contributed by atoms with Crippen molar-refractivity contribution >= 4 is 29.0 Å². The highest BCUT2D eigenvalue weighted by Gasteiger charge is 2.15. The molecule has 1 aromatic carbocycles. The number of hydrogen-bond donors (Lipinski definition) is 1. The van der Waals surface area contributed by atoms with Crippen LogP contribution in [-0.4, -0.2) is 25.5 Å². The average molecular weight is 275 g/mol. The number of rotatable bonds is 4. The van der Waals surface area contributed by atoms with Crippen LogP contribution in [0.2, 0.25) is 10.0 Å². The van der Waals surface area contributed by atoms with Crippen LogP contribution in [0.4, 0.5) is 0 Å². The van der Waals surface area contributed by atoms with E-state index in [1.165, 1.54) is 0 Å². The van der Waals surface area contributed by atoms with E-state index in [1.807, 2.05) is 13.8 Å². The molecule has 5 heteroatoms. The molecular weight excluding hydrogens is 259 g/mol. The molecule has 0 fully saturated rings. The number of aliphatic imine (C=N–C) groups is 1. The molecule has 1 N–H and O–H groups in total. The standard InChI is InChI=1S/C12H16Cl2N2O/c1-4-16-12(15-3)8(2)17-11-9(13)6-5-7-10(11)14/h5-8H,4H2,1-3H3,(H,15,16). The van der Waals surface area contributed by atoms with Gasteiger partial charge in [-0.25, -0.2) is 0 Å². The van der Waals surface area contributed by atoms with Gasteiger partial charge in [0.15, 0.2) is 11.9 Å². The van der Waals surface area contributed by atoms with Gasteiger partial charge in [0.1, 0.15) is 5.84 Å². The Labute approximate surface area is 112 Å². The second-order valence-electron chi connectivity index (χ2n) is 3.45. The van der Waals surface area contributed by atoms with Gasteiger partial charge in [-0.15, -0.1) is 0 Å². The van der Waals surface area contributed by atoms with Crippen molar-refractivity contribution in [3.8, 4) is 5.75 Å². The number of nitrogens with one attached hydrogen (secondary N) is 1. The Hall–Kier alpha value is -0.930. The minimum Gasteiger partial charge on any atom is -0.480 e. The predicted octanol–water partition coefficient (Wildman–Crippen LogP) is 3.40. The molecule has 0 heterocycles. The Morgan fingerprint density at radius 1 is 1.41 bits per heavy atom.